The van der Waals surface area contributed by atoms with E-state index in [1.165, 1.54) is 5.56 Å². The summed E-state index contributed by atoms with van der Waals surface area (Å²) in [5, 5.41) is 20.6. The fourth-order valence-electron chi connectivity index (χ4n) is 3.89. The molecule has 0 amide bonds. The summed E-state index contributed by atoms with van der Waals surface area (Å²) in [6, 6.07) is 9.98. The van der Waals surface area contributed by atoms with Crippen LogP contribution in [0.3, 0.4) is 0 Å². The van der Waals surface area contributed by atoms with Crippen LogP contribution in [-0.4, -0.2) is 40.3 Å². The molecule has 2 N–H and O–H groups in total. The zero-order valence-corrected chi connectivity index (χ0v) is 18.7. The Kier molecular flexibility index (Phi) is 10.7. The molecule has 0 spiro atoms. The summed E-state index contributed by atoms with van der Waals surface area (Å²) in [6.07, 6.45) is 10.0. The first-order chi connectivity index (χ1) is 14.9. The lowest BCUT2D eigenvalue weighted by Gasteiger charge is -2.17. The van der Waals surface area contributed by atoms with Crippen molar-refractivity contribution in [3.8, 4) is 0 Å². The summed E-state index contributed by atoms with van der Waals surface area (Å²) in [6.45, 7) is 3.66. The number of aliphatic hydroxyl groups is 2. The van der Waals surface area contributed by atoms with Crippen LogP contribution in [0.2, 0.25) is 0 Å². The molecule has 5 nitrogen and oxygen atoms in total. The summed E-state index contributed by atoms with van der Waals surface area (Å²) in [5.41, 5.74) is 1.17. The molecule has 0 unspecified atom stereocenters. The van der Waals surface area contributed by atoms with Gasteiger partial charge in [0.2, 0.25) is 0 Å². The molecule has 170 valence electrons. The van der Waals surface area contributed by atoms with Gasteiger partial charge in [-0.1, -0.05) is 54.6 Å². The molecule has 1 aliphatic rings. The molecule has 1 aromatic carbocycles. The number of hydrogen-bond acceptors (Lipinski definition) is 5. The van der Waals surface area contributed by atoms with E-state index in [1.807, 2.05) is 56.3 Å². The van der Waals surface area contributed by atoms with E-state index in [0.717, 1.165) is 12.8 Å². The van der Waals surface area contributed by atoms with Gasteiger partial charge in [0, 0.05) is 24.7 Å². The summed E-state index contributed by atoms with van der Waals surface area (Å²) in [4.78, 5) is 23.8. The molecule has 4 atom stereocenters. The molecular weight excluding hydrogens is 392 g/mol. The van der Waals surface area contributed by atoms with Crippen molar-refractivity contribution in [3.63, 3.8) is 0 Å². The van der Waals surface area contributed by atoms with E-state index in [4.69, 9.17) is 4.74 Å². The van der Waals surface area contributed by atoms with E-state index in [-0.39, 0.29) is 36.1 Å². The highest BCUT2D eigenvalue weighted by Crippen LogP contribution is 2.33. The Morgan fingerprint density at radius 1 is 1.23 bits per heavy atom. The van der Waals surface area contributed by atoms with E-state index in [0.29, 0.717) is 25.7 Å². The minimum atomic E-state index is -0.658. The molecule has 1 aliphatic carbocycles. The lowest BCUT2D eigenvalue weighted by atomic mass is 9.90. The summed E-state index contributed by atoms with van der Waals surface area (Å²) < 4.78 is 5.10. The number of unbranched alkanes of at least 4 members (excludes halogenated alkanes) is 1. The third kappa shape index (κ3) is 9.19. The zero-order chi connectivity index (χ0) is 22.6. The number of esters is 1. The molecule has 0 radical (unpaired) electrons. The van der Waals surface area contributed by atoms with Gasteiger partial charge >= 0.3 is 5.97 Å². The molecule has 31 heavy (non-hydrogen) atoms. The van der Waals surface area contributed by atoms with Crippen LogP contribution in [0, 0.1) is 11.8 Å². The minimum absolute atomic E-state index is 0.0221. The third-order valence-corrected chi connectivity index (χ3v) is 5.54. The van der Waals surface area contributed by atoms with Gasteiger partial charge in [-0.2, -0.15) is 0 Å². The minimum Gasteiger partial charge on any atom is -0.463 e. The number of Topliss-reactive ketones (excluding diaryl/α,β-unsaturated/α-hetero) is 1. The number of aliphatic hydroxyl groups excluding tert-OH is 2. The van der Waals surface area contributed by atoms with Crippen molar-refractivity contribution >= 4 is 11.8 Å². The van der Waals surface area contributed by atoms with Gasteiger partial charge in [0.05, 0.1) is 18.3 Å². The SMILES string of the molecule is CC(C)OC(=O)CCC/C=C\C[C@H]1[C@@H](O)CC(=O)[C@@H]1/C=C/[C@@H](O)CCc1ccccc1. The number of rotatable bonds is 12. The summed E-state index contributed by atoms with van der Waals surface area (Å²) in [7, 11) is 0. The molecular formula is C26H36O5. The number of hydrogen-bond donors (Lipinski definition) is 2. The Morgan fingerprint density at radius 2 is 1.97 bits per heavy atom. The highest BCUT2D eigenvalue weighted by molar-refractivity contribution is 5.86. The van der Waals surface area contributed by atoms with Crippen molar-refractivity contribution in [2.24, 2.45) is 11.8 Å². The average Bonchev–Trinajstić information content (AvgIpc) is 3.00. The van der Waals surface area contributed by atoms with Crippen LogP contribution in [0.15, 0.2) is 54.6 Å². The number of carbonyl (C=O) groups excluding carboxylic acids is 2. The maximum atomic E-state index is 12.3. The average molecular weight is 429 g/mol. The van der Waals surface area contributed by atoms with Gasteiger partial charge in [-0.15, -0.1) is 0 Å². The Labute approximate surface area is 185 Å². The highest BCUT2D eigenvalue weighted by atomic mass is 16.5. The van der Waals surface area contributed by atoms with Crippen molar-refractivity contribution in [2.75, 3.05) is 0 Å². The van der Waals surface area contributed by atoms with Crippen LogP contribution in [0.4, 0.5) is 0 Å². The second kappa shape index (κ2) is 13.2. The molecule has 1 aromatic rings. The van der Waals surface area contributed by atoms with Crippen LogP contribution in [0.1, 0.15) is 57.9 Å². The maximum absolute atomic E-state index is 12.3. The van der Waals surface area contributed by atoms with Crippen LogP contribution < -0.4 is 0 Å². The van der Waals surface area contributed by atoms with Crippen molar-refractivity contribution in [1.29, 1.82) is 0 Å². The van der Waals surface area contributed by atoms with Crippen molar-refractivity contribution in [3.05, 3.63) is 60.2 Å². The van der Waals surface area contributed by atoms with Crippen molar-refractivity contribution in [1.82, 2.24) is 0 Å². The Hall–Kier alpha value is -2.24. The maximum Gasteiger partial charge on any atom is 0.306 e. The van der Waals surface area contributed by atoms with Crippen molar-refractivity contribution < 1.29 is 24.5 Å². The van der Waals surface area contributed by atoms with Gasteiger partial charge < -0.3 is 14.9 Å². The van der Waals surface area contributed by atoms with Crippen LogP contribution in [0.5, 0.6) is 0 Å². The Morgan fingerprint density at radius 3 is 2.68 bits per heavy atom. The molecule has 1 saturated carbocycles. The van der Waals surface area contributed by atoms with Crippen LogP contribution >= 0.6 is 0 Å². The smallest absolute Gasteiger partial charge is 0.306 e. The Balaban J connectivity index is 1.77. The normalized spacial score (nSPS) is 22.6. The first kappa shape index (κ1) is 25.0. The first-order valence-corrected chi connectivity index (χ1v) is 11.3. The van der Waals surface area contributed by atoms with E-state index in [9.17, 15) is 19.8 Å². The fourth-order valence-corrected chi connectivity index (χ4v) is 3.89. The molecule has 2 rings (SSSR count). The molecule has 0 aromatic heterocycles. The zero-order valence-electron chi connectivity index (χ0n) is 18.7. The molecule has 1 fully saturated rings. The topological polar surface area (TPSA) is 83.8 Å². The predicted octanol–water partition coefficient (Wildman–Crippen LogP) is 4.17. The van der Waals surface area contributed by atoms with Crippen LogP contribution in [0.25, 0.3) is 0 Å². The second-order valence-corrected chi connectivity index (χ2v) is 8.54. The fraction of sp³-hybridized carbons (Fsp3) is 0.538. The second-order valence-electron chi connectivity index (χ2n) is 8.54. The highest BCUT2D eigenvalue weighted by Gasteiger charge is 2.39. The first-order valence-electron chi connectivity index (χ1n) is 11.3. The lowest BCUT2D eigenvalue weighted by molar-refractivity contribution is -0.147. The number of benzene rings is 1. The van der Waals surface area contributed by atoms with E-state index >= 15 is 0 Å². The molecule has 0 aliphatic heterocycles. The van der Waals surface area contributed by atoms with E-state index < -0.39 is 12.2 Å². The third-order valence-electron chi connectivity index (χ3n) is 5.54. The number of ether oxygens (including phenoxy) is 1. The standard InChI is InChI=1S/C26H36O5/c1-19(2)31-26(30)13-9-4-3-8-12-22-23(25(29)18-24(22)28)17-16-21(27)15-14-20-10-6-5-7-11-20/h3,5-8,10-11,16-17,19,21-24,27-28H,4,9,12-15,18H2,1-2H3/b8-3-,17-16+/t21-,22+,23+,24-/m0/s1. The Bertz CT molecular complexity index is 737. The van der Waals surface area contributed by atoms with Gasteiger partial charge in [-0.3, -0.25) is 9.59 Å². The van der Waals surface area contributed by atoms with Gasteiger partial charge in [-0.05, 0) is 51.5 Å². The molecule has 0 bridgehead atoms. The summed E-state index contributed by atoms with van der Waals surface area (Å²) >= 11 is 0. The van der Waals surface area contributed by atoms with Crippen molar-refractivity contribution in [2.45, 2.75) is 77.1 Å². The van der Waals surface area contributed by atoms with Gasteiger partial charge in [0.25, 0.3) is 0 Å². The van der Waals surface area contributed by atoms with E-state index in [2.05, 4.69) is 0 Å². The number of aryl methyl sites for hydroxylation is 1. The van der Waals surface area contributed by atoms with Crippen LogP contribution in [-0.2, 0) is 20.7 Å². The molecule has 0 heterocycles. The monoisotopic (exact) mass is 428 g/mol. The summed E-state index contributed by atoms with van der Waals surface area (Å²) in [5.74, 6) is -0.704. The number of allylic oxidation sites excluding steroid dienone is 3. The largest absolute Gasteiger partial charge is 0.463 e. The number of ketones is 1. The predicted molar refractivity (Wildman–Crippen MR) is 121 cm³/mol. The lowest BCUT2D eigenvalue weighted by Crippen LogP contribution is -2.19. The van der Waals surface area contributed by atoms with Gasteiger partial charge in [0.15, 0.2) is 0 Å². The quantitative estimate of drug-likeness (QED) is 0.297. The molecule has 5 heteroatoms. The molecule has 0 saturated heterocycles. The van der Waals surface area contributed by atoms with Gasteiger partial charge in [0.1, 0.15) is 5.78 Å². The van der Waals surface area contributed by atoms with Gasteiger partial charge in [-0.25, -0.2) is 0 Å². The number of carbonyl (C=O) groups is 2. The van der Waals surface area contributed by atoms with E-state index in [1.54, 1.807) is 12.2 Å².